The predicted octanol–water partition coefficient (Wildman–Crippen LogP) is 2.80. The molecule has 0 aromatic carbocycles. The Morgan fingerprint density at radius 1 is 1.14 bits per heavy atom. The van der Waals surface area contributed by atoms with Crippen LogP contribution in [-0.4, -0.2) is 30.3 Å². The first-order valence-electron chi connectivity index (χ1n) is 8.21. The monoisotopic (exact) mass is 330 g/mol. The molecule has 0 heterocycles. The summed E-state index contributed by atoms with van der Waals surface area (Å²) in [5.41, 5.74) is 0.0913. The van der Waals surface area contributed by atoms with Gasteiger partial charge in [-0.2, -0.15) is 8.42 Å². The Morgan fingerprint density at radius 2 is 1.59 bits per heavy atom. The third-order valence-corrected chi connectivity index (χ3v) is 7.48. The summed E-state index contributed by atoms with van der Waals surface area (Å²) in [6, 6.07) is 0. The lowest BCUT2D eigenvalue weighted by Crippen LogP contribution is -2.47. The lowest BCUT2D eigenvalue weighted by Gasteiger charge is -2.56. The van der Waals surface area contributed by atoms with Crippen molar-refractivity contribution in [2.24, 2.45) is 23.2 Å². The fourth-order valence-electron chi connectivity index (χ4n) is 5.19. The lowest BCUT2D eigenvalue weighted by molar-refractivity contribution is -0.152. The highest BCUT2D eigenvalue weighted by Crippen LogP contribution is 2.61. The van der Waals surface area contributed by atoms with E-state index in [1.54, 1.807) is 0 Å². The zero-order chi connectivity index (χ0) is 16.2. The zero-order valence-corrected chi connectivity index (χ0v) is 14.2. The second kappa shape index (κ2) is 5.20. The summed E-state index contributed by atoms with van der Waals surface area (Å²) >= 11 is 0. The fraction of sp³-hybridized carbons (Fsp3) is 0.938. The van der Waals surface area contributed by atoms with Crippen LogP contribution in [0.5, 0.6) is 0 Å². The second-order valence-corrected chi connectivity index (χ2v) is 10.5. The first-order valence-corrected chi connectivity index (χ1v) is 9.65. The van der Waals surface area contributed by atoms with Crippen molar-refractivity contribution in [1.29, 1.82) is 0 Å². The number of ether oxygens (including phenoxy) is 1. The van der Waals surface area contributed by atoms with E-state index < -0.39 is 14.9 Å². The zero-order valence-electron chi connectivity index (χ0n) is 13.4. The molecular formula is C16H26O5S. The highest BCUT2D eigenvalue weighted by molar-refractivity contribution is 7.87. The maximum Gasteiger partial charge on any atom is 0.306 e. The molecule has 1 N–H and O–H groups in total. The molecule has 0 saturated heterocycles. The molecule has 0 spiro atoms. The molecule has 4 aliphatic rings. The maximum absolute atomic E-state index is 12.2. The molecule has 5 nitrogen and oxygen atoms in total. The molecule has 6 heteroatoms. The number of carbonyl (C=O) groups excluding carboxylic acids is 1. The molecule has 4 aliphatic carbocycles. The van der Waals surface area contributed by atoms with Crippen LogP contribution < -0.4 is 0 Å². The molecule has 0 aromatic rings. The van der Waals surface area contributed by atoms with E-state index in [-0.39, 0.29) is 18.0 Å². The van der Waals surface area contributed by atoms with Crippen LogP contribution in [0.2, 0.25) is 0 Å². The molecule has 0 radical (unpaired) electrons. The van der Waals surface area contributed by atoms with Gasteiger partial charge in [0.1, 0.15) is 11.4 Å². The van der Waals surface area contributed by atoms with E-state index in [1.807, 2.05) is 0 Å². The number of rotatable bonds is 5. The van der Waals surface area contributed by atoms with E-state index in [4.69, 9.17) is 9.29 Å². The topological polar surface area (TPSA) is 80.7 Å². The second-order valence-electron chi connectivity index (χ2n) is 8.49. The van der Waals surface area contributed by atoms with Gasteiger partial charge in [-0.1, -0.05) is 0 Å². The molecule has 4 bridgehead atoms. The van der Waals surface area contributed by atoms with Crippen molar-refractivity contribution in [3.63, 3.8) is 0 Å². The van der Waals surface area contributed by atoms with Crippen LogP contribution in [0.25, 0.3) is 0 Å². The molecule has 22 heavy (non-hydrogen) atoms. The highest BCUT2D eigenvalue weighted by atomic mass is 32.2. The highest BCUT2D eigenvalue weighted by Gasteiger charge is 2.51. The average molecular weight is 330 g/mol. The van der Waals surface area contributed by atoms with Gasteiger partial charge in [0.15, 0.2) is 0 Å². The van der Waals surface area contributed by atoms with Gasteiger partial charge in [0.25, 0.3) is 10.1 Å². The maximum atomic E-state index is 12.2. The van der Waals surface area contributed by atoms with Crippen LogP contribution in [0, 0.1) is 23.2 Å². The van der Waals surface area contributed by atoms with Crippen LogP contribution >= 0.6 is 0 Å². The Bertz CT molecular complexity index is 528. The van der Waals surface area contributed by atoms with Gasteiger partial charge in [-0.3, -0.25) is 9.35 Å². The van der Waals surface area contributed by atoms with Crippen molar-refractivity contribution in [2.75, 3.05) is 6.61 Å². The van der Waals surface area contributed by atoms with Crippen molar-refractivity contribution < 1.29 is 22.5 Å². The molecule has 0 amide bonds. The van der Waals surface area contributed by atoms with E-state index in [2.05, 4.69) is 0 Å². The Morgan fingerprint density at radius 3 is 2.00 bits per heavy atom. The van der Waals surface area contributed by atoms with Gasteiger partial charge < -0.3 is 4.74 Å². The Labute approximate surface area is 132 Å². The largest absolute Gasteiger partial charge is 0.464 e. The summed E-state index contributed by atoms with van der Waals surface area (Å²) in [5, 5.41) is 0. The number of hydrogen-bond acceptors (Lipinski definition) is 4. The standard InChI is InChI=1S/C16H26O5S/c1-15(2,22(18,19)20)10-21-14(17)9-16-6-11-3-12(7-16)5-13(4-11)8-16/h11-13H,3-10H2,1-2H3,(H,18,19,20). The van der Waals surface area contributed by atoms with Crippen molar-refractivity contribution in [2.45, 2.75) is 63.5 Å². The number of carbonyl (C=O) groups is 1. The molecule has 126 valence electrons. The van der Waals surface area contributed by atoms with Crippen molar-refractivity contribution >= 4 is 16.1 Å². The summed E-state index contributed by atoms with van der Waals surface area (Å²) in [6.07, 6.45) is 7.73. The molecule has 4 rings (SSSR count). The lowest BCUT2D eigenvalue weighted by atomic mass is 9.49. The average Bonchev–Trinajstić information content (AvgIpc) is 2.32. The van der Waals surface area contributed by atoms with E-state index in [9.17, 15) is 13.2 Å². The SMILES string of the molecule is CC(C)(COC(=O)CC12CC3CC(CC(C3)C1)C2)S(=O)(=O)O. The van der Waals surface area contributed by atoms with Crippen molar-refractivity contribution in [1.82, 2.24) is 0 Å². The minimum atomic E-state index is -4.23. The smallest absolute Gasteiger partial charge is 0.306 e. The van der Waals surface area contributed by atoms with Gasteiger partial charge in [-0.15, -0.1) is 0 Å². The molecule has 0 atom stereocenters. The third kappa shape index (κ3) is 3.04. The van der Waals surface area contributed by atoms with Crippen LogP contribution in [0.3, 0.4) is 0 Å². The number of esters is 1. The van der Waals surface area contributed by atoms with E-state index in [1.165, 1.54) is 33.1 Å². The summed E-state index contributed by atoms with van der Waals surface area (Å²) in [4.78, 5) is 12.2. The van der Waals surface area contributed by atoms with Gasteiger partial charge in [-0.05, 0) is 75.5 Å². The summed E-state index contributed by atoms with van der Waals surface area (Å²) in [7, 11) is -4.23. The van der Waals surface area contributed by atoms with Crippen LogP contribution in [0.1, 0.15) is 58.8 Å². The van der Waals surface area contributed by atoms with E-state index in [0.717, 1.165) is 37.0 Å². The van der Waals surface area contributed by atoms with Crippen LogP contribution in [0.4, 0.5) is 0 Å². The fourth-order valence-corrected chi connectivity index (χ4v) is 5.40. The quantitative estimate of drug-likeness (QED) is 0.619. The third-order valence-electron chi connectivity index (χ3n) is 5.96. The van der Waals surface area contributed by atoms with E-state index in [0.29, 0.717) is 6.42 Å². The normalized spacial score (nSPS) is 37.3. The minimum absolute atomic E-state index is 0.0913. The van der Waals surface area contributed by atoms with Crippen LogP contribution in [-0.2, 0) is 19.6 Å². The molecule has 0 aromatic heterocycles. The van der Waals surface area contributed by atoms with Crippen LogP contribution in [0.15, 0.2) is 0 Å². The predicted molar refractivity (Wildman–Crippen MR) is 81.8 cm³/mol. The Hall–Kier alpha value is -0.620. The van der Waals surface area contributed by atoms with Gasteiger partial charge in [0, 0.05) is 0 Å². The summed E-state index contributed by atoms with van der Waals surface area (Å²) in [5.74, 6) is 1.99. The number of hydrogen-bond donors (Lipinski definition) is 1. The Kier molecular flexibility index (Phi) is 3.84. The van der Waals surface area contributed by atoms with Gasteiger partial charge in [0.05, 0.1) is 6.42 Å². The molecule has 0 aliphatic heterocycles. The first-order chi connectivity index (χ1) is 10.1. The first kappa shape index (κ1) is 16.2. The van der Waals surface area contributed by atoms with E-state index >= 15 is 0 Å². The summed E-state index contributed by atoms with van der Waals surface area (Å²) in [6.45, 7) is 2.43. The van der Waals surface area contributed by atoms with Gasteiger partial charge in [0.2, 0.25) is 0 Å². The van der Waals surface area contributed by atoms with Crippen molar-refractivity contribution in [3.8, 4) is 0 Å². The summed E-state index contributed by atoms with van der Waals surface area (Å²) < 4.78 is 35.4. The van der Waals surface area contributed by atoms with Crippen molar-refractivity contribution in [3.05, 3.63) is 0 Å². The minimum Gasteiger partial charge on any atom is -0.464 e. The van der Waals surface area contributed by atoms with Gasteiger partial charge >= 0.3 is 5.97 Å². The molecule has 4 saturated carbocycles. The molecule has 4 fully saturated rings. The molecule has 0 unspecified atom stereocenters. The van der Waals surface area contributed by atoms with Gasteiger partial charge in [-0.25, -0.2) is 0 Å². The Balaban J connectivity index is 1.59. The molecular weight excluding hydrogens is 304 g/mol.